The average Bonchev–Trinajstić information content (AvgIpc) is 2.68. The lowest BCUT2D eigenvalue weighted by Gasteiger charge is -2.33. The second-order valence-electron chi connectivity index (χ2n) is 7.38. The lowest BCUT2D eigenvalue weighted by Crippen LogP contribution is -2.45. The highest BCUT2D eigenvalue weighted by Gasteiger charge is 2.14. The minimum atomic E-state index is -0.204. The predicted molar refractivity (Wildman–Crippen MR) is 115 cm³/mol. The van der Waals surface area contributed by atoms with Crippen LogP contribution in [0.15, 0.2) is 42.6 Å². The van der Waals surface area contributed by atoms with Gasteiger partial charge in [-0.2, -0.15) is 0 Å². The number of rotatable bonds is 7. The van der Waals surface area contributed by atoms with Gasteiger partial charge in [-0.05, 0) is 50.7 Å². The fraction of sp³-hybridized carbons (Fsp3) is 0.429. The Morgan fingerprint density at radius 1 is 1.21 bits per heavy atom. The molecule has 1 aliphatic rings. The summed E-state index contributed by atoms with van der Waals surface area (Å²) >= 11 is 5.95. The number of aromatic nitrogens is 1. The van der Waals surface area contributed by atoms with Gasteiger partial charge >= 0.3 is 0 Å². The summed E-state index contributed by atoms with van der Waals surface area (Å²) < 4.78 is 0. The molecule has 0 radical (unpaired) electrons. The van der Waals surface area contributed by atoms with Gasteiger partial charge in [-0.1, -0.05) is 17.7 Å². The van der Waals surface area contributed by atoms with Crippen molar-refractivity contribution in [2.75, 3.05) is 50.4 Å². The van der Waals surface area contributed by atoms with Gasteiger partial charge in [-0.15, -0.1) is 0 Å². The monoisotopic (exact) mass is 401 g/mol. The summed E-state index contributed by atoms with van der Waals surface area (Å²) in [7, 11) is 2.17. The number of amides is 1. The molecular weight excluding hydrogens is 374 g/mol. The number of likely N-dealkylation sites (N-methyl/N-ethyl adjacent to an activating group) is 1. The third-order valence-electron chi connectivity index (χ3n) is 4.98. The van der Waals surface area contributed by atoms with Crippen LogP contribution in [0.2, 0.25) is 5.02 Å². The van der Waals surface area contributed by atoms with E-state index in [4.69, 9.17) is 11.6 Å². The van der Waals surface area contributed by atoms with E-state index < -0.39 is 0 Å². The maximum Gasteiger partial charge on any atom is 0.257 e. The Balaban J connectivity index is 1.46. The van der Waals surface area contributed by atoms with Crippen molar-refractivity contribution in [2.24, 2.45) is 0 Å². The maximum absolute atomic E-state index is 12.3. The van der Waals surface area contributed by atoms with E-state index in [2.05, 4.69) is 39.4 Å². The number of hydrogen-bond acceptors (Lipinski definition) is 5. The normalized spacial score (nSPS) is 16.5. The first-order valence-corrected chi connectivity index (χ1v) is 10.1. The first-order valence-electron chi connectivity index (χ1n) is 9.70. The van der Waals surface area contributed by atoms with Crippen molar-refractivity contribution in [3.63, 3.8) is 0 Å². The van der Waals surface area contributed by atoms with E-state index in [-0.39, 0.29) is 5.91 Å². The van der Waals surface area contributed by atoms with Crippen molar-refractivity contribution < 1.29 is 4.79 Å². The molecule has 6 nitrogen and oxygen atoms in total. The molecule has 3 rings (SSSR count). The molecule has 2 N–H and O–H groups in total. The molecule has 2 heterocycles. The highest BCUT2D eigenvalue weighted by Crippen LogP contribution is 2.16. The lowest BCUT2D eigenvalue weighted by atomic mass is 10.2. The quantitative estimate of drug-likeness (QED) is 0.744. The van der Waals surface area contributed by atoms with E-state index in [1.807, 2.05) is 6.07 Å². The van der Waals surface area contributed by atoms with Crippen molar-refractivity contribution in [1.82, 2.24) is 14.8 Å². The molecule has 150 valence electrons. The summed E-state index contributed by atoms with van der Waals surface area (Å²) in [6.45, 7) is 7.81. The van der Waals surface area contributed by atoms with Crippen LogP contribution in [-0.2, 0) is 0 Å². The predicted octanol–water partition coefficient (Wildman–Crippen LogP) is 3.43. The molecule has 1 fully saturated rings. The fourth-order valence-electron chi connectivity index (χ4n) is 3.16. The number of benzene rings is 1. The number of anilines is 2. The number of carbonyl (C=O) groups excluding carboxylic acids is 1. The molecule has 1 aromatic heterocycles. The minimum absolute atomic E-state index is 0.204. The van der Waals surface area contributed by atoms with Crippen molar-refractivity contribution >= 4 is 29.0 Å². The van der Waals surface area contributed by atoms with Gasteiger partial charge in [-0.25, -0.2) is 4.98 Å². The number of nitrogens with one attached hydrogen (secondary N) is 2. The number of halogens is 1. The van der Waals surface area contributed by atoms with E-state index in [1.54, 1.807) is 36.5 Å². The Morgan fingerprint density at radius 2 is 2.00 bits per heavy atom. The lowest BCUT2D eigenvalue weighted by molar-refractivity contribution is 0.102. The van der Waals surface area contributed by atoms with Crippen molar-refractivity contribution in [3.05, 3.63) is 53.2 Å². The van der Waals surface area contributed by atoms with Gasteiger partial charge in [-0.3, -0.25) is 4.79 Å². The van der Waals surface area contributed by atoms with Gasteiger partial charge in [0, 0.05) is 55.7 Å². The average molecular weight is 402 g/mol. The summed E-state index contributed by atoms with van der Waals surface area (Å²) in [5.41, 5.74) is 1.17. The van der Waals surface area contributed by atoms with Crippen LogP contribution in [0.1, 0.15) is 23.7 Å². The highest BCUT2D eigenvalue weighted by atomic mass is 35.5. The summed E-state index contributed by atoms with van der Waals surface area (Å²) in [6.07, 6.45) is 2.65. The molecule has 7 heteroatoms. The molecule has 1 aromatic carbocycles. The summed E-state index contributed by atoms with van der Waals surface area (Å²) in [4.78, 5) is 21.6. The largest absolute Gasteiger partial charge is 0.368 e. The first-order chi connectivity index (χ1) is 13.5. The number of piperazine rings is 1. The zero-order valence-corrected chi connectivity index (χ0v) is 17.2. The van der Waals surface area contributed by atoms with Crippen LogP contribution in [0.25, 0.3) is 0 Å². The van der Waals surface area contributed by atoms with Gasteiger partial charge in [0.25, 0.3) is 5.91 Å². The van der Waals surface area contributed by atoms with Crippen LogP contribution in [0.5, 0.6) is 0 Å². The van der Waals surface area contributed by atoms with Crippen LogP contribution in [0.3, 0.4) is 0 Å². The molecule has 28 heavy (non-hydrogen) atoms. The van der Waals surface area contributed by atoms with Gasteiger partial charge in [0.15, 0.2) is 0 Å². The zero-order chi connectivity index (χ0) is 19.9. The summed E-state index contributed by atoms with van der Waals surface area (Å²) in [5, 5.41) is 6.83. The van der Waals surface area contributed by atoms with E-state index >= 15 is 0 Å². The van der Waals surface area contributed by atoms with Gasteiger partial charge in [0.2, 0.25) is 0 Å². The van der Waals surface area contributed by atoms with Crippen molar-refractivity contribution in [2.45, 2.75) is 19.4 Å². The van der Waals surface area contributed by atoms with Crippen LogP contribution < -0.4 is 10.6 Å². The Hall–Kier alpha value is -2.15. The second kappa shape index (κ2) is 9.87. The Kier molecular flexibility index (Phi) is 7.25. The van der Waals surface area contributed by atoms with E-state index in [9.17, 15) is 4.79 Å². The van der Waals surface area contributed by atoms with Gasteiger partial charge in [0.05, 0.1) is 5.56 Å². The van der Waals surface area contributed by atoms with Gasteiger partial charge in [0.1, 0.15) is 5.82 Å². The third kappa shape index (κ3) is 6.19. The standard InChI is InChI=1S/C21H28ClN5O/c1-16(8-9-27-12-10-26(2)11-13-27)24-20-7-6-17(15-23-20)21(28)25-19-5-3-4-18(22)14-19/h3-7,14-16H,8-13H2,1-2H3,(H,23,24)(H,25,28). The molecule has 1 saturated heterocycles. The van der Waals surface area contributed by atoms with Gasteiger partial charge < -0.3 is 20.4 Å². The molecule has 0 aliphatic carbocycles. The number of carbonyl (C=O) groups is 1. The van der Waals surface area contributed by atoms with Crippen LogP contribution in [0.4, 0.5) is 11.5 Å². The molecule has 0 saturated carbocycles. The molecule has 1 amide bonds. The highest BCUT2D eigenvalue weighted by molar-refractivity contribution is 6.30. The number of hydrogen-bond donors (Lipinski definition) is 2. The molecule has 0 spiro atoms. The van der Waals surface area contributed by atoms with Crippen LogP contribution >= 0.6 is 11.6 Å². The molecule has 0 bridgehead atoms. The summed E-state index contributed by atoms with van der Waals surface area (Å²) in [5.74, 6) is 0.578. The maximum atomic E-state index is 12.3. The second-order valence-corrected chi connectivity index (χ2v) is 7.81. The van der Waals surface area contributed by atoms with E-state index in [0.717, 1.165) is 45.0 Å². The Bertz CT molecular complexity index is 775. The number of nitrogens with zero attached hydrogens (tertiary/aromatic N) is 3. The minimum Gasteiger partial charge on any atom is -0.368 e. The van der Waals surface area contributed by atoms with Crippen LogP contribution in [0, 0.1) is 0 Å². The Morgan fingerprint density at radius 3 is 2.68 bits per heavy atom. The molecule has 2 aromatic rings. The van der Waals surface area contributed by atoms with Crippen LogP contribution in [-0.4, -0.2) is 66.5 Å². The molecule has 1 unspecified atom stereocenters. The zero-order valence-electron chi connectivity index (χ0n) is 16.5. The van der Waals surface area contributed by atoms with E-state index in [0.29, 0.717) is 22.3 Å². The Labute approximate surface area is 171 Å². The molecule has 1 atom stereocenters. The van der Waals surface area contributed by atoms with E-state index in [1.165, 1.54) is 0 Å². The van der Waals surface area contributed by atoms with Crippen molar-refractivity contribution in [3.8, 4) is 0 Å². The molecular formula is C21H28ClN5O. The fourth-order valence-corrected chi connectivity index (χ4v) is 3.35. The third-order valence-corrected chi connectivity index (χ3v) is 5.21. The van der Waals surface area contributed by atoms with Crippen molar-refractivity contribution in [1.29, 1.82) is 0 Å². The number of pyridine rings is 1. The SMILES string of the molecule is CC(CCN1CCN(C)CC1)Nc1ccc(C(=O)Nc2cccc(Cl)c2)cn1. The summed E-state index contributed by atoms with van der Waals surface area (Å²) in [6, 6.07) is 11.0. The smallest absolute Gasteiger partial charge is 0.257 e. The topological polar surface area (TPSA) is 60.5 Å². The molecule has 1 aliphatic heterocycles. The first kappa shape index (κ1) is 20.6.